The first kappa shape index (κ1) is 23.8. The van der Waals surface area contributed by atoms with Gasteiger partial charge in [0, 0.05) is 31.1 Å². The Balaban J connectivity index is -0.000000355. The molecule has 0 aromatic rings. The minimum atomic E-state index is -3.21. The summed E-state index contributed by atoms with van der Waals surface area (Å²) in [6.45, 7) is 16.5. The van der Waals surface area contributed by atoms with Gasteiger partial charge < -0.3 is 14.5 Å². The van der Waals surface area contributed by atoms with Crippen LogP contribution in [0.4, 0.5) is 0 Å². The molecule has 0 aromatic carbocycles. The van der Waals surface area contributed by atoms with Crippen LogP contribution in [-0.4, -0.2) is 63.9 Å². The van der Waals surface area contributed by atoms with Gasteiger partial charge in [0.25, 0.3) is 0 Å². The third-order valence-corrected chi connectivity index (χ3v) is 3.97. The van der Waals surface area contributed by atoms with E-state index in [0.717, 1.165) is 12.0 Å². The van der Waals surface area contributed by atoms with Crippen LogP contribution < -0.4 is 0 Å². The standard InChI is InChI=1S/C8H16N2O2S.C3H6.2CH2O/c1-4-13(11,12)10-6-5-9(3)8(2)7-10;1-3-2;2*1-2/h4,8H,1,5-7H2,2-3H3;3H,1H2,2H3;2*1H2. The van der Waals surface area contributed by atoms with Gasteiger partial charge in [0.2, 0.25) is 10.0 Å². The molecule has 118 valence electrons. The number of carbonyl (C=O) groups excluding carboxylic acids is 2. The topological polar surface area (TPSA) is 74.8 Å². The van der Waals surface area contributed by atoms with Gasteiger partial charge in [0.15, 0.2) is 0 Å². The highest BCUT2D eigenvalue weighted by Gasteiger charge is 2.27. The van der Waals surface area contributed by atoms with E-state index in [0.29, 0.717) is 13.1 Å². The largest absolute Gasteiger partial charge is 0.307 e. The summed E-state index contributed by atoms with van der Waals surface area (Å²) < 4.78 is 24.3. The van der Waals surface area contributed by atoms with E-state index in [9.17, 15) is 8.42 Å². The number of likely N-dealkylation sites (N-methyl/N-ethyl adjacent to an activating group) is 1. The summed E-state index contributed by atoms with van der Waals surface area (Å²) in [5.41, 5.74) is 0. The number of allylic oxidation sites excluding steroid dienone is 1. The summed E-state index contributed by atoms with van der Waals surface area (Å²) >= 11 is 0. The molecular weight excluding hydrogens is 280 g/mol. The zero-order valence-corrected chi connectivity index (χ0v) is 13.4. The molecule has 20 heavy (non-hydrogen) atoms. The summed E-state index contributed by atoms with van der Waals surface area (Å²) in [7, 11) is -1.20. The summed E-state index contributed by atoms with van der Waals surface area (Å²) in [6.07, 6.45) is 1.75. The Hall–Kier alpha value is -1.31. The van der Waals surface area contributed by atoms with E-state index in [1.54, 1.807) is 6.08 Å². The lowest BCUT2D eigenvalue weighted by atomic mass is 10.2. The van der Waals surface area contributed by atoms with Crippen molar-refractivity contribution < 1.29 is 18.0 Å². The van der Waals surface area contributed by atoms with Crippen LogP contribution in [0.2, 0.25) is 0 Å². The lowest BCUT2D eigenvalue weighted by Crippen LogP contribution is -2.51. The predicted molar refractivity (Wildman–Crippen MR) is 82.9 cm³/mol. The fourth-order valence-corrected chi connectivity index (χ4v) is 2.32. The fraction of sp³-hybridized carbons (Fsp3) is 0.538. The lowest BCUT2D eigenvalue weighted by Gasteiger charge is -2.36. The van der Waals surface area contributed by atoms with Crippen molar-refractivity contribution in [1.29, 1.82) is 0 Å². The normalized spacial score (nSPS) is 18.9. The highest BCUT2D eigenvalue weighted by atomic mass is 32.2. The van der Waals surface area contributed by atoms with Crippen LogP contribution in [0.3, 0.4) is 0 Å². The summed E-state index contributed by atoms with van der Waals surface area (Å²) in [4.78, 5) is 18.1. The summed E-state index contributed by atoms with van der Waals surface area (Å²) in [5, 5.41) is 1.02. The molecular formula is C13H26N2O4S. The molecule has 0 aliphatic carbocycles. The fourth-order valence-electron chi connectivity index (χ4n) is 1.35. The van der Waals surface area contributed by atoms with Gasteiger partial charge in [0.1, 0.15) is 13.6 Å². The van der Waals surface area contributed by atoms with E-state index >= 15 is 0 Å². The van der Waals surface area contributed by atoms with Crippen LogP contribution in [0.25, 0.3) is 0 Å². The van der Waals surface area contributed by atoms with Crippen LogP contribution in [-0.2, 0) is 19.6 Å². The number of nitrogens with zero attached hydrogens (tertiary/aromatic N) is 2. The highest BCUT2D eigenvalue weighted by Crippen LogP contribution is 2.11. The van der Waals surface area contributed by atoms with Crippen molar-refractivity contribution in [2.24, 2.45) is 0 Å². The van der Waals surface area contributed by atoms with Crippen molar-refractivity contribution >= 4 is 23.6 Å². The number of hydrogen-bond donors (Lipinski definition) is 0. The molecule has 1 aliphatic heterocycles. The maximum Gasteiger partial charge on any atom is 0.235 e. The Morgan fingerprint density at radius 3 is 1.80 bits per heavy atom. The van der Waals surface area contributed by atoms with Gasteiger partial charge in [-0.25, -0.2) is 8.42 Å². The molecule has 0 aromatic heterocycles. The average molecular weight is 306 g/mol. The quantitative estimate of drug-likeness (QED) is 0.709. The lowest BCUT2D eigenvalue weighted by molar-refractivity contribution is -0.0987. The Labute approximate surface area is 122 Å². The van der Waals surface area contributed by atoms with Crippen LogP contribution >= 0.6 is 0 Å². The van der Waals surface area contributed by atoms with Gasteiger partial charge in [0.05, 0.1) is 0 Å². The average Bonchev–Trinajstić information content (AvgIpc) is 2.47. The first-order chi connectivity index (χ1) is 9.38. The van der Waals surface area contributed by atoms with Gasteiger partial charge in [-0.15, -0.1) is 6.58 Å². The number of piperazine rings is 1. The first-order valence-corrected chi connectivity index (χ1v) is 7.37. The zero-order valence-electron chi connectivity index (χ0n) is 12.6. The summed E-state index contributed by atoms with van der Waals surface area (Å²) in [5.74, 6) is 0. The molecule has 0 radical (unpaired) electrons. The molecule has 1 aliphatic rings. The second kappa shape index (κ2) is 14.1. The predicted octanol–water partition coefficient (Wildman–Crippen LogP) is 0.918. The Morgan fingerprint density at radius 1 is 1.10 bits per heavy atom. The third-order valence-electron chi connectivity index (χ3n) is 2.49. The van der Waals surface area contributed by atoms with Gasteiger partial charge in [-0.05, 0) is 20.9 Å². The first-order valence-electron chi connectivity index (χ1n) is 5.86. The van der Waals surface area contributed by atoms with E-state index in [2.05, 4.69) is 18.1 Å². The van der Waals surface area contributed by atoms with Gasteiger partial charge >= 0.3 is 0 Å². The van der Waals surface area contributed by atoms with Crippen molar-refractivity contribution in [1.82, 2.24) is 9.21 Å². The molecule has 0 saturated carbocycles. The van der Waals surface area contributed by atoms with Crippen LogP contribution in [0.15, 0.2) is 24.6 Å². The minimum Gasteiger partial charge on any atom is -0.307 e. The van der Waals surface area contributed by atoms with E-state index in [1.807, 2.05) is 34.5 Å². The smallest absolute Gasteiger partial charge is 0.235 e. The number of carbonyl (C=O) groups is 2. The number of sulfonamides is 1. The molecule has 1 heterocycles. The minimum absolute atomic E-state index is 0.281. The van der Waals surface area contributed by atoms with Crippen LogP contribution in [0.1, 0.15) is 13.8 Å². The zero-order chi connectivity index (χ0) is 16.8. The Morgan fingerprint density at radius 2 is 1.50 bits per heavy atom. The molecule has 7 heteroatoms. The molecule has 1 saturated heterocycles. The SMILES string of the molecule is C=CC.C=CS(=O)(=O)N1CCN(C)C(C)C1.C=O.C=O. The molecule has 0 N–H and O–H groups in total. The second-order valence-electron chi connectivity index (χ2n) is 3.81. The highest BCUT2D eigenvalue weighted by molar-refractivity contribution is 7.92. The van der Waals surface area contributed by atoms with Crippen LogP contribution in [0.5, 0.6) is 0 Å². The van der Waals surface area contributed by atoms with Gasteiger partial charge in [-0.2, -0.15) is 4.31 Å². The number of hydrogen-bond acceptors (Lipinski definition) is 5. The van der Waals surface area contributed by atoms with Crippen LogP contribution in [0, 0.1) is 0 Å². The maximum atomic E-state index is 11.4. The van der Waals surface area contributed by atoms with Gasteiger partial charge in [-0.3, -0.25) is 0 Å². The molecule has 1 rings (SSSR count). The van der Waals surface area contributed by atoms with E-state index in [4.69, 9.17) is 9.59 Å². The molecule has 0 bridgehead atoms. The van der Waals surface area contributed by atoms with Crippen molar-refractivity contribution in [3.63, 3.8) is 0 Å². The van der Waals surface area contributed by atoms with Crippen molar-refractivity contribution in [2.45, 2.75) is 19.9 Å². The monoisotopic (exact) mass is 306 g/mol. The Bertz CT molecular complexity index is 355. The maximum absolute atomic E-state index is 11.4. The molecule has 0 spiro atoms. The van der Waals surface area contributed by atoms with Gasteiger partial charge in [-0.1, -0.05) is 12.7 Å². The van der Waals surface area contributed by atoms with Crippen molar-refractivity contribution in [3.05, 3.63) is 24.6 Å². The molecule has 1 fully saturated rings. The molecule has 6 nitrogen and oxygen atoms in total. The van der Waals surface area contributed by atoms with E-state index in [1.165, 1.54) is 4.31 Å². The number of rotatable bonds is 2. The molecule has 1 atom stereocenters. The molecule has 0 amide bonds. The molecule has 1 unspecified atom stereocenters. The third kappa shape index (κ3) is 9.60. The van der Waals surface area contributed by atoms with Crippen molar-refractivity contribution in [3.8, 4) is 0 Å². The van der Waals surface area contributed by atoms with E-state index in [-0.39, 0.29) is 6.04 Å². The van der Waals surface area contributed by atoms with E-state index < -0.39 is 10.0 Å². The van der Waals surface area contributed by atoms with Crippen molar-refractivity contribution in [2.75, 3.05) is 26.7 Å². The Kier molecular flexibility index (Phi) is 16.8. The second-order valence-corrected chi connectivity index (χ2v) is 5.69. The summed E-state index contributed by atoms with van der Waals surface area (Å²) in [6, 6.07) is 0.281.